The maximum Gasteiger partial charge on any atom is 0.227 e. The molecular weight excluding hydrogens is 290 g/mol. The van der Waals surface area contributed by atoms with E-state index in [1.54, 1.807) is 6.33 Å². The predicted molar refractivity (Wildman–Crippen MR) is 89.7 cm³/mol. The Balaban J connectivity index is 1.82. The smallest absolute Gasteiger partial charge is 0.227 e. The SMILES string of the molecule is CCn1cnnc1-c1ccccc1NC(=O)C1CCCC(N)C1. The Kier molecular flexibility index (Phi) is 4.71. The summed E-state index contributed by atoms with van der Waals surface area (Å²) in [7, 11) is 0. The zero-order valence-corrected chi connectivity index (χ0v) is 13.4. The average Bonchev–Trinajstić information content (AvgIpc) is 3.04. The number of rotatable bonds is 4. The van der Waals surface area contributed by atoms with Crippen molar-refractivity contribution in [2.24, 2.45) is 11.7 Å². The summed E-state index contributed by atoms with van der Waals surface area (Å²) in [6, 6.07) is 7.86. The van der Waals surface area contributed by atoms with Gasteiger partial charge < -0.3 is 15.6 Å². The molecule has 1 saturated carbocycles. The number of nitrogens with one attached hydrogen (secondary N) is 1. The number of hydrogen-bond donors (Lipinski definition) is 2. The van der Waals surface area contributed by atoms with Crippen molar-refractivity contribution in [3.8, 4) is 11.4 Å². The quantitative estimate of drug-likeness (QED) is 0.907. The Morgan fingerprint density at radius 2 is 2.22 bits per heavy atom. The first kappa shape index (κ1) is 15.7. The van der Waals surface area contributed by atoms with Gasteiger partial charge in [-0.3, -0.25) is 4.79 Å². The number of carbonyl (C=O) groups is 1. The Hall–Kier alpha value is -2.21. The number of nitrogens with zero attached hydrogens (tertiary/aromatic N) is 3. The lowest BCUT2D eigenvalue weighted by Crippen LogP contribution is -2.34. The molecule has 1 aliphatic carbocycles. The normalized spacial score (nSPS) is 21.1. The van der Waals surface area contributed by atoms with E-state index in [2.05, 4.69) is 15.5 Å². The number of aryl methyl sites for hydroxylation is 1. The Bertz CT molecular complexity index is 681. The van der Waals surface area contributed by atoms with E-state index in [0.29, 0.717) is 0 Å². The molecule has 0 spiro atoms. The van der Waals surface area contributed by atoms with E-state index in [0.717, 1.165) is 49.3 Å². The maximum atomic E-state index is 12.6. The number of aromatic nitrogens is 3. The summed E-state index contributed by atoms with van der Waals surface area (Å²) in [6.07, 6.45) is 5.41. The lowest BCUT2D eigenvalue weighted by molar-refractivity contribution is -0.120. The van der Waals surface area contributed by atoms with Crippen LogP contribution in [-0.4, -0.2) is 26.7 Å². The fourth-order valence-electron chi connectivity index (χ4n) is 3.18. The number of carbonyl (C=O) groups excluding carboxylic acids is 1. The van der Waals surface area contributed by atoms with Crippen LogP contribution >= 0.6 is 0 Å². The van der Waals surface area contributed by atoms with E-state index in [-0.39, 0.29) is 17.9 Å². The largest absolute Gasteiger partial charge is 0.328 e. The van der Waals surface area contributed by atoms with Crippen molar-refractivity contribution in [2.45, 2.75) is 45.2 Å². The first-order valence-corrected chi connectivity index (χ1v) is 8.22. The third-order valence-electron chi connectivity index (χ3n) is 4.47. The number of hydrogen-bond acceptors (Lipinski definition) is 4. The monoisotopic (exact) mass is 313 g/mol. The third-order valence-corrected chi connectivity index (χ3v) is 4.47. The van der Waals surface area contributed by atoms with E-state index in [9.17, 15) is 4.79 Å². The van der Waals surface area contributed by atoms with Crippen LogP contribution in [0.5, 0.6) is 0 Å². The second-order valence-electron chi connectivity index (χ2n) is 6.10. The fourth-order valence-corrected chi connectivity index (χ4v) is 3.18. The molecule has 23 heavy (non-hydrogen) atoms. The Morgan fingerprint density at radius 1 is 1.39 bits per heavy atom. The van der Waals surface area contributed by atoms with Crippen molar-refractivity contribution in [3.05, 3.63) is 30.6 Å². The minimum absolute atomic E-state index is 0.00384. The van der Waals surface area contributed by atoms with E-state index in [1.165, 1.54) is 0 Å². The zero-order chi connectivity index (χ0) is 16.2. The second-order valence-corrected chi connectivity index (χ2v) is 6.10. The number of amides is 1. The van der Waals surface area contributed by atoms with Gasteiger partial charge in [-0.25, -0.2) is 0 Å². The fraction of sp³-hybridized carbons (Fsp3) is 0.471. The lowest BCUT2D eigenvalue weighted by Gasteiger charge is -2.26. The van der Waals surface area contributed by atoms with Crippen LogP contribution in [-0.2, 0) is 11.3 Å². The highest BCUT2D eigenvalue weighted by atomic mass is 16.1. The predicted octanol–water partition coefficient (Wildman–Crippen LogP) is 2.42. The van der Waals surface area contributed by atoms with Crippen molar-refractivity contribution in [2.75, 3.05) is 5.32 Å². The Labute approximate surface area is 136 Å². The molecule has 0 aliphatic heterocycles. The molecule has 122 valence electrons. The zero-order valence-electron chi connectivity index (χ0n) is 13.4. The molecule has 1 amide bonds. The van der Waals surface area contributed by atoms with Crippen LogP contribution in [0, 0.1) is 5.92 Å². The van der Waals surface area contributed by atoms with Crippen LogP contribution in [0.2, 0.25) is 0 Å². The molecule has 1 aromatic heterocycles. The molecule has 3 rings (SSSR count). The van der Waals surface area contributed by atoms with E-state index >= 15 is 0 Å². The maximum absolute atomic E-state index is 12.6. The van der Waals surface area contributed by atoms with Crippen LogP contribution in [0.15, 0.2) is 30.6 Å². The first-order chi connectivity index (χ1) is 11.2. The van der Waals surface area contributed by atoms with Crippen molar-refractivity contribution in [3.63, 3.8) is 0 Å². The molecule has 0 radical (unpaired) electrons. The van der Waals surface area contributed by atoms with Crippen LogP contribution in [0.1, 0.15) is 32.6 Å². The molecule has 1 fully saturated rings. The van der Waals surface area contributed by atoms with Crippen molar-refractivity contribution in [1.29, 1.82) is 0 Å². The molecule has 1 aliphatic rings. The van der Waals surface area contributed by atoms with Gasteiger partial charge >= 0.3 is 0 Å². The summed E-state index contributed by atoms with van der Waals surface area (Å²) in [5, 5.41) is 11.2. The van der Waals surface area contributed by atoms with Gasteiger partial charge in [-0.05, 0) is 38.3 Å². The van der Waals surface area contributed by atoms with E-state index in [4.69, 9.17) is 5.73 Å². The second kappa shape index (κ2) is 6.91. The highest BCUT2D eigenvalue weighted by Crippen LogP contribution is 2.29. The molecule has 2 atom stereocenters. The van der Waals surface area contributed by atoms with Crippen molar-refractivity contribution >= 4 is 11.6 Å². The van der Waals surface area contributed by atoms with Gasteiger partial charge in [0.1, 0.15) is 6.33 Å². The highest BCUT2D eigenvalue weighted by Gasteiger charge is 2.26. The summed E-state index contributed by atoms with van der Waals surface area (Å²) in [5.74, 6) is 0.815. The van der Waals surface area contributed by atoms with Crippen LogP contribution in [0.4, 0.5) is 5.69 Å². The standard InChI is InChI=1S/C17H23N5O/c1-2-22-11-19-21-16(22)14-8-3-4-9-15(14)20-17(23)12-6-5-7-13(18)10-12/h3-4,8-9,11-13H,2,5-7,10,18H2,1H3,(H,20,23). The number of nitrogens with two attached hydrogens (primary N) is 1. The summed E-state index contributed by atoms with van der Waals surface area (Å²) in [5.41, 5.74) is 7.67. The minimum Gasteiger partial charge on any atom is -0.328 e. The van der Waals surface area contributed by atoms with Gasteiger partial charge in [-0.15, -0.1) is 10.2 Å². The third kappa shape index (κ3) is 3.42. The van der Waals surface area contributed by atoms with Crippen LogP contribution in [0.3, 0.4) is 0 Å². The first-order valence-electron chi connectivity index (χ1n) is 8.22. The summed E-state index contributed by atoms with van der Waals surface area (Å²) in [4.78, 5) is 12.6. The molecule has 2 unspecified atom stereocenters. The minimum atomic E-state index is -0.00384. The molecule has 2 aromatic rings. The van der Waals surface area contributed by atoms with Gasteiger partial charge in [0.15, 0.2) is 5.82 Å². The van der Waals surface area contributed by atoms with Gasteiger partial charge in [0, 0.05) is 24.1 Å². The molecule has 1 heterocycles. The Morgan fingerprint density at radius 3 is 3.00 bits per heavy atom. The van der Waals surface area contributed by atoms with Crippen LogP contribution < -0.4 is 11.1 Å². The molecule has 0 saturated heterocycles. The van der Waals surface area contributed by atoms with E-state index in [1.807, 2.05) is 35.8 Å². The van der Waals surface area contributed by atoms with Gasteiger partial charge in [0.2, 0.25) is 5.91 Å². The molecule has 3 N–H and O–H groups in total. The van der Waals surface area contributed by atoms with Gasteiger partial charge in [0.05, 0.1) is 5.69 Å². The lowest BCUT2D eigenvalue weighted by atomic mass is 9.85. The molecule has 0 bridgehead atoms. The van der Waals surface area contributed by atoms with Crippen molar-refractivity contribution < 1.29 is 4.79 Å². The van der Waals surface area contributed by atoms with Gasteiger partial charge in [-0.1, -0.05) is 18.6 Å². The number of benzene rings is 1. The highest BCUT2D eigenvalue weighted by molar-refractivity contribution is 5.96. The summed E-state index contributed by atoms with van der Waals surface area (Å²) < 4.78 is 1.96. The number of para-hydroxylation sites is 1. The summed E-state index contributed by atoms with van der Waals surface area (Å²) >= 11 is 0. The molecule has 6 nitrogen and oxygen atoms in total. The molecule has 6 heteroatoms. The topological polar surface area (TPSA) is 85.8 Å². The van der Waals surface area contributed by atoms with Crippen LogP contribution in [0.25, 0.3) is 11.4 Å². The average molecular weight is 313 g/mol. The van der Waals surface area contributed by atoms with Crippen molar-refractivity contribution in [1.82, 2.24) is 14.8 Å². The van der Waals surface area contributed by atoms with Gasteiger partial charge in [0.25, 0.3) is 0 Å². The molecule has 1 aromatic carbocycles. The van der Waals surface area contributed by atoms with Gasteiger partial charge in [-0.2, -0.15) is 0 Å². The molecular formula is C17H23N5O. The van der Waals surface area contributed by atoms with E-state index < -0.39 is 0 Å². The summed E-state index contributed by atoms with van der Waals surface area (Å²) in [6.45, 7) is 2.82. The number of anilines is 1.